The van der Waals surface area contributed by atoms with E-state index in [9.17, 15) is 0 Å². The van der Waals surface area contributed by atoms with Crippen LogP contribution in [0.25, 0.3) is 0 Å². The Balaban J connectivity index is 2.37. The van der Waals surface area contributed by atoms with Gasteiger partial charge in [0.05, 0.1) is 0 Å². The second kappa shape index (κ2) is 5.87. The van der Waals surface area contributed by atoms with E-state index in [-0.39, 0.29) is 0 Å². The maximum atomic E-state index is 4.61. The Kier molecular flexibility index (Phi) is 4.20. The average Bonchev–Trinajstić information content (AvgIpc) is 2.42. The molecule has 4 heteroatoms. The molecule has 0 spiro atoms. The lowest BCUT2D eigenvalue weighted by molar-refractivity contribution is 0.874. The van der Waals surface area contributed by atoms with Gasteiger partial charge in [-0.2, -0.15) is 0 Å². The highest BCUT2D eigenvalue weighted by molar-refractivity contribution is 7.99. The van der Waals surface area contributed by atoms with Crippen molar-refractivity contribution in [3.8, 4) is 0 Å². The molecule has 0 radical (unpaired) electrons. The van der Waals surface area contributed by atoms with Crippen LogP contribution in [0.2, 0.25) is 0 Å². The van der Waals surface area contributed by atoms with Crippen LogP contribution in [0.3, 0.4) is 0 Å². The van der Waals surface area contributed by atoms with Crippen molar-refractivity contribution in [1.82, 2.24) is 9.97 Å². The minimum Gasteiger partial charge on any atom is -0.373 e. The number of aryl methyl sites for hydroxylation is 1. The molecular formula is C14H17N3S. The molecule has 0 atom stereocenters. The fourth-order valence-electron chi connectivity index (χ4n) is 1.64. The Morgan fingerprint density at radius 1 is 1.17 bits per heavy atom. The van der Waals surface area contributed by atoms with Crippen LogP contribution >= 0.6 is 11.8 Å². The number of aromatic nitrogens is 2. The Morgan fingerprint density at radius 2 is 1.89 bits per heavy atom. The van der Waals surface area contributed by atoms with E-state index in [1.54, 1.807) is 11.8 Å². The third kappa shape index (κ3) is 2.82. The van der Waals surface area contributed by atoms with Crippen LogP contribution in [0.5, 0.6) is 0 Å². The van der Waals surface area contributed by atoms with Crippen molar-refractivity contribution in [2.75, 3.05) is 12.4 Å². The zero-order chi connectivity index (χ0) is 13.0. The molecule has 1 aromatic heterocycles. The highest BCUT2D eigenvalue weighted by atomic mass is 32.2. The lowest BCUT2D eigenvalue weighted by atomic mass is 10.3. The minimum atomic E-state index is 0.845. The minimum absolute atomic E-state index is 0.845. The zero-order valence-corrected chi connectivity index (χ0v) is 11.7. The van der Waals surface area contributed by atoms with E-state index in [2.05, 4.69) is 41.3 Å². The first kappa shape index (κ1) is 12.9. The van der Waals surface area contributed by atoms with Crippen molar-refractivity contribution in [3.05, 3.63) is 41.7 Å². The quantitative estimate of drug-likeness (QED) is 0.852. The summed E-state index contributed by atoms with van der Waals surface area (Å²) in [5, 5.41) is 4.16. The molecular weight excluding hydrogens is 242 g/mol. The normalized spacial score (nSPS) is 10.4. The Labute approximate surface area is 112 Å². The average molecular weight is 259 g/mol. The number of anilines is 1. The summed E-state index contributed by atoms with van der Waals surface area (Å²) in [6, 6.07) is 10.3. The van der Waals surface area contributed by atoms with Gasteiger partial charge in [-0.25, -0.2) is 9.97 Å². The van der Waals surface area contributed by atoms with Crippen molar-refractivity contribution in [3.63, 3.8) is 0 Å². The molecule has 1 aromatic carbocycles. The number of nitrogens with zero attached hydrogens (tertiary/aromatic N) is 2. The van der Waals surface area contributed by atoms with Crippen LogP contribution in [0.4, 0.5) is 5.82 Å². The van der Waals surface area contributed by atoms with Crippen molar-refractivity contribution >= 4 is 17.6 Å². The second-order valence-corrected chi connectivity index (χ2v) is 5.00. The molecule has 3 nitrogen and oxygen atoms in total. The molecule has 2 rings (SSSR count). The van der Waals surface area contributed by atoms with Crippen molar-refractivity contribution in [2.24, 2.45) is 0 Å². The molecule has 0 fully saturated rings. The van der Waals surface area contributed by atoms with Gasteiger partial charge in [0.25, 0.3) is 0 Å². The number of hydrogen-bond donors (Lipinski definition) is 1. The summed E-state index contributed by atoms with van der Waals surface area (Å²) in [7, 11) is 1.89. The predicted octanol–water partition coefficient (Wildman–Crippen LogP) is 3.54. The zero-order valence-electron chi connectivity index (χ0n) is 10.9. The van der Waals surface area contributed by atoms with Gasteiger partial charge in [-0.1, -0.05) is 36.9 Å². The first-order chi connectivity index (χ1) is 8.74. The summed E-state index contributed by atoms with van der Waals surface area (Å²) in [5.74, 6) is 1.80. The van der Waals surface area contributed by atoms with E-state index in [0.717, 1.165) is 28.7 Å². The lowest BCUT2D eigenvalue weighted by Gasteiger charge is -2.11. The van der Waals surface area contributed by atoms with Gasteiger partial charge in [0, 0.05) is 23.9 Å². The van der Waals surface area contributed by atoms with Crippen molar-refractivity contribution in [1.29, 1.82) is 0 Å². The Morgan fingerprint density at radius 3 is 2.50 bits per heavy atom. The van der Waals surface area contributed by atoms with Crippen LogP contribution in [-0.4, -0.2) is 17.0 Å². The topological polar surface area (TPSA) is 37.8 Å². The van der Waals surface area contributed by atoms with Gasteiger partial charge in [-0.15, -0.1) is 0 Å². The maximum Gasteiger partial charge on any atom is 0.133 e. The van der Waals surface area contributed by atoms with E-state index in [1.807, 2.05) is 25.2 Å². The maximum absolute atomic E-state index is 4.61. The predicted molar refractivity (Wildman–Crippen MR) is 76.3 cm³/mol. The fraction of sp³-hybridized carbons (Fsp3) is 0.286. The van der Waals surface area contributed by atoms with Gasteiger partial charge in [0.1, 0.15) is 16.7 Å². The number of benzene rings is 1. The monoisotopic (exact) mass is 259 g/mol. The summed E-state index contributed by atoms with van der Waals surface area (Å²) in [6.07, 6.45) is 0.845. The van der Waals surface area contributed by atoms with E-state index in [0.29, 0.717) is 0 Å². The van der Waals surface area contributed by atoms with Crippen LogP contribution < -0.4 is 5.32 Å². The van der Waals surface area contributed by atoms with Crippen LogP contribution in [0.15, 0.2) is 40.3 Å². The summed E-state index contributed by atoms with van der Waals surface area (Å²) in [6.45, 7) is 4.12. The largest absolute Gasteiger partial charge is 0.373 e. The smallest absolute Gasteiger partial charge is 0.133 e. The van der Waals surface area contributed by atoms with Gasteiger partial charge in [0.2, 0.25) is 0 Å². The number of hydrogen-bond acceptors (Lipinski definition) is 4. The molecule has 1 heterocycles. The molecule has 0 saturated carbocycles. The molecule has 0 bridgehead atoms. The molecule has 0 aliphatic heterocycles. The molecule has 18 heavy (non-hydrogen) atoms. The third-order valence-corrected chi connectivity index (χ3v) is 3.76. The summed E-state index contributed by atoms with van der Waals surface area (Å²) in [4.78, 5) is 10.3. The standard InChI is InChI=1S/C14H17N3S/c1-4-12-16-13(15-3)10(2)14(17-12)18-11-8-6-5-7-9-11/h5-9H,4H2,1-3H3,(H,15,16,17). The van der Waals surface area contributed by atoms with E-state index in [1.165, 1.54) is 4.90 Å². The van der Waals surface area contributed by atoms with Crippen LogP contribution in [-0.2, 0) is 6.42 Å². The summed E-state index contributed by atoms with van der Waals surface area (Å²) < 4.78 is 0. The molecule has 0 aliphatic rings. The van der Waals surface area contributed by atoms with E-state index < -0.39 is 0 Å². The molecule has 2 aromatic rings. The van der Waals surface area contributed by atoms with E-state index in [4.69, 9.17) is 0 Å². The van der Waals surface area contributed by atoms with Crippen LogP contribution in [0.1, 0.15) is 18.3 Å². The molecule has 0 unspecified atom stereocenters. The molecule has 0 amide bonds. The number of nitrogens with one attached hydrogen (secondary N) is 1. The van der Waals surface area contributed by atoms with Gasteiger partial charge in [-0.05, 0) is 19.1 Å². The number of rotatable bonds is 4. The molecule has 0 aliphatic carbocycles. The molecule has 1 N–H and O–H groups in total. The Hall–Kier alpha value is -1.55. The van der Waals surface area contributed by atoms with Gasteiger partial charge in [0.15, 0.2) is 0 Å². The summed E-state index contributed by atoms with van der Waals surface area (Å²) in [5.41, 5.74) is 1.10. The van der Waals surface area contributed by atoms with Crippen LogP contribution in [0, 0.1) is 6.92 Å². The van der Waals surface area contributed by atoms with E-state index >= 15 is 0 Å². The summed E-state index contributed by atoms with van der Waals surface area (Å²) >= 11 is 1.68. The SMILES string of the molecule is CCc1nc(NC)c(C)c(Sc2ccccc2)n1. The molecule has 94 valence electrons. The van der Waals surface area contributed by atoms with Gasteiger partial charge >= 0.3 is 0 Å². The Bertz CT molecular complexity index is 526. The second-order valence-electron chi connectivity index (χ2n) is 3.94. The first-order valence-corrected chi connectivity index (χ1v) is 6.84. The first-order valence-electron chi connectivity index (χ1n) is 6.02. The molecule has 0 saturated heterocycles. The van der Waals surface area contributed by atoms with Crippen molar-refractivity contribution in [2.45, 2.75) is 30.2 Å². The highest BCUT2D eigenvalue weighted by Gasteiger charge is 2.10. The van der Waals surface area contributed by atoms with Crippen molar-refractivity contribution < 1.29 is 0 Å². The van der Waals surface area contributed by atoms with Gasteiger partial charge in [-0.3, -0.25) is 0 Å². The lowest BCUT2D eigenvalue weighted by Crippen LogP contribution is -2.03. The fourth-order valence-corrected chi connectivity index (χ4v) is 2.56. The third-order valence-electron chi connectivity index (χ3n) is 2.66. The highest BCUT2D eigenvalue weighted by Crippen LogP contribution is 2.30. The van der Waals surface area contributed by atoms with Gasteiger partial charge < -0.3 is 5.32 Å².